The van der Waals surface area contributed by atoms with E-state index in [0.717, 1.165) is 28.6 Å². The van der Waals surface area contributed by atoms with Gasteiger partial charge in [-0.3, -0.25) is 9.59 Å². The highest BCUT2D eigenvalue weighted by Crippen LogP contribution is 2.23. The maximum atomic E-state index is 12.9. The standard InChI is InChI=1S/C19H20N4O2S/c1-12-10-21-19(26-12)22-17(24)15-3-2-8-23(11-15)18(25)14-4-5-16-13(9-14)6-7-20-16/h4-7,9-10,15,20H,2-3,8,11H2,1H3,(H,21,22,24)/t15-/m0/s1. The number of nitrogens with one attached hydrogen (secondary N) is 2. The molecule has 6 nitrogen and oxygen atoms in total. The number of H-pyrrole nitrogens is 1. The van der Waals surface area contributed by atoms with Crippen LogP contribution in [0.3, 0.4) is 0 Å². The number of thiazole rings is 1. The van der Waals surface area contributed by atoms with Crippen molar-refractivity contribution in [1.82, 2.24) is 14.9 Å². The summed E-state index contributed by atoms with van der Waals surface area (Å²) in [6.45, 7) is 3.08. The molecule has 1 saturated heterocycles. The van der Waals surface area contributed by atoms with Gasteiger partial charge in [-0.2, -0.15) is 0 Å². The molecule has 0 spiro atoms. The summed E-state index contributed by atoms with van der Waals surface area (Å²) >= 11 is 1.46. The van der Waals surface area contributed by atoms with Crippen molar-refractivity contribution in [2.45, 2.75) is 19.8 Å². The molecule has 0 saturated carbocycles. The molecule has 2 amide bonds. The third-order valence-electron chi connectivity index (χ3n) is 4.73. The molecule has 1 aromatic carbocycles. The lowest BCUT2D eigenvalue weighted by Crippen LogP contribution is -2.43. The van der Waals surface area contributed by atoms with E-state index < -0.39 is 0 Å². The van der Waals surface area contributed by atoms with Gasteiger partial charge in [0.05, 0.1) is 5.92 Å². The minimum atomic E-state index is -0.201. The molecule has 1 aliphatic heterocycles. The normalized spacial score (nSPS) is 17.4. The highest BCUT2D eigenvalue weighted by molar-refractivity contribution is 7.15. The van der Waals surface area contributed by atoms with E-state index in [0.29, 0.717) is 23.8 Å². The Morgan fingerprint density at radius 3 is 3.04 bits per heavy atom. The highest BCUT2D eigenvalue weighted by Gasteiger charge is 2.29. The molecule has 0 radical (unpaired) electrons. The second kappa shape index (κ2) is 6.92. The van der Waals surface area contributed by atoms with Crippen molar-refractivity contribution < 1.29 is 9.59 Å². The summed E-state index contributed by atoms with van der Waals surface area (Å²) < 4.78 is 0. The van der Waals surface area contributed by atoms with Crippen molar-refractivity contribution in [3.05, 3.63) is 47.1 Å². The summed E-state index contributed by atoms with van der Waals surface area (Å²) in [5.41, 5.74) is 1.67. The number of piperidine rings is 1. The summed E-state index contributed by atoms with van der Waals surface area (Å²) in [6, 6.07) is 7.61. The lowest BCUT2D eigenvalue weighted by molar-refractivity contribution is -0.121. The number of benzene rings is 1. The van der Waals surface area contributed by atoms with Crippen molar-refractivity contribution >= 4 is 39.2 Å². The van der Waals surface area contributed by atoms with Gasteiger partial charge in [-0.25, -0.2) is 4.98 Å². The van der Waals surface area contributed by atoms with Crippen LogP contribution < -0.4 is 5.32 Å². The van der Waals surface area contributed by atoms with E-state index in [9.17, 15) is 9.59 Å². The number of rotatable bonds is 3. The Morgan fingerprint density at radius 1 is 1.35 bits per heavy atom. The van der Waals surface area contributed by atoms with E-state index in [-0.39, 0.29) is 17.7 Å². The number of aryl methyl sites for hydroxylation is 1. The van der Waals surface area contributed by atoms with Crippen molar-refractivity contribution in [3.63, 3.8) is 0 Å². The molecule has 3 heterocycles. The molecule has 1 aliphatic rings. The molecule has 1 atom stereocenters. The first-order valence-electron chi connectivity index (χ1n) is 8.70. The van der Waals surface area contributed by atoms with Crippen molar-refractivity contribution in [1.29, 1.82) is 0 Å². The topological polar surface area (TPSA) is 78.1 Å². The van der Waals surface area contributed by atoms with E-state index in [1.54, 1.807) is 11.1 Å². The first-order chi connectivity index (χ1) is 12.6. The summed E-state index contributed by atoms with van der Waals surface area (Å²) in [6.07, 6.45) is 5.22. The number of aromatic amines is 1. The Bertz CT molecular complexity index is 961. The van der Waals surface area contributed by atoms with Crippen LogP contribution in [-0.2, 0) is 4.79 Å². The van der Waals surface area contributed by atoms with Crippen molar-refractivity contribution in [3.8, 4) is 0 Å². The molecule has 26 heavy (non-hydrogen) atoms. The summed E-state index contributed by atoms with van der Waals surface area (Å²) in [5, 5.41) is 4.51. The van der Waals surface area contributed by atoms with E-state index in [2.05, 4.69) is 15.3 Å². The Labute approximate surface area is 155 Å². The lowest BCUT2D eigenvalue weighted by Gasteiger charge is -2.32. The lowest BCUT2D eigenvalue weighted by atomic mass is 9.96. The Balaban J connectivity index is 1.45. The largest absolute Gasteiger partial charge is 0.361 e. The Morgan fingerprint density at radius 2 is 2.23 bits per heavy atom. The van der Waals surface area contributed by atoms with Crippen LogP contribution >= 0.6 is 11.3 Å². The third kappa shape index (κ3) is 3.35. The van der Waals surface area contributed by atoms with Gasteiger partial charge in [0.25, 0.3) is 5.91 Å². The van der Waals surface area contributed by atoms with Crippen LogP contribution in [0.15, 0.2) is 36.7 Å². The van der Waals surface area contributed by atoms with Gasteiger partial charge in [-0.15, -0.1) is 11.3 Å². The van der Waals surface area contributed by atoms with Gasteiger partial charge < -0.3 is 15.2 Å². The molecule has 4 rings (SSSR count). The summed E-state index contributed by atoms with van der Waals surface area (Å²) in [4.78, 5) is 35.6. The molecule has 0 bridgehead atoms. The van der Waals surface area contributed by atoms with Crippen molar-refractivity contribution in [2.24, 2.45) is 5.92 Å². The molecular formula is C19H20N4O2S. The predicted octanol–water partition coefficient (Wildman–Crippen LogP) is 3.42. The molecule has 2 aromatic heterocycles. The number of anilines is 1. The maximum Gasteiger partial charge on any atom is 0.253 e. The number of nitrogens with zero attached hydrogens (tertiary/aromatic N) is 2. The first kappa shape index (κ1) is 16.8. The van der Waals surface area contributed by atoms with Crippen LogP contribution in [0, 0.1) is 12.8 Å². The zero-order chi connectivity index (χ0) is 18.1. The van der Waals surface area contributed by atoms with Crippen LogP contribution in [0.4, 0.5) is 5.13 Å². The van der Waals surface area contributed by atoms with E-state index in [1.165, 1.54) is 11.3 Å². The van der Waals surface area contributed by atoms with Crippen LogP contribution in [0.1, 0.15) is 28.1 Å². The van der Waals surface area contributed by atoms with Crippen LogP contribution in [-0.4, -0.2) is 39.8 Å². The molecule has 3 aromatic rings. The molecular weight excluding hydrogens is 348 g/mol. The predicted molar refractivity (Wildman–Crippen MR) is 102 cm³/mol. The van der Waals surface area contributed by atoms with Crippen LogP contribution in [0.2, 0.25) is 0 Å². The zero-order valence-electron chi connectivity index (χ0n) is 14.5. The molecule has 134 valence electrons. The van der Waals surface area contributed by atoms with E-state index in [4.69, 9.17) is 0 Å². The van der Waals surface area contributed by atoms with Gasteiger partial charge in [0, 0.05) is 46.8 Å². The van der Waals surface area contributed by atoms with Gasteiger partial charge in [0.1, 0.15) is 0 Å². The number of hydrogen-bond donors (Lipinski definition) is 2. The molecule has 1 fully saturated rings. The number of carbonyl (C=O) groups excluding carboxylic acids is 2. The number of amides is 2. The quantitative estimate of drug-likeness (QED) is 0.743. The van der Waals surface area contributed by atoms with Crippen LogP contribution in [0.25, 0.3) is 10.9 Å². The average molecular weight is 368 g/mol. The number of hydrogen-bond acceptors (Lipinski definition) is 4. The van der Waals surface area contributed by atoms with E-state index >= 15 is 0 Å². The number of carbonyl (C=O) groups is 2. The van der Waals surface area contributed by atoms with Gasteiger partial charge in [-0.05, 0) is 44.0 Å². The fraction of sp³-hybridized carbons (Fsp3) is 0.316. The summed E-state index contributed by atoms with van der Waals surface area (Å²) in [5.74, 6) is -0.276. The van der Waals surface area contributed by atoms with Gasteiger partial charge >= 0.3 is 0 Å². The second-order valence-corrected chi connectivity index (χ2v) is 7.87. The Kier molecular flexibility index (Phi) is 4.46. The number of aromatic nitrogens is 2. The minimum Gasteiger partial charge on any atom is -0.361 e. The fourth-order valence-corrected chi connectivity index (χ4v) is 4.03. The first-order valence-corrected chi connectivity index (χ1v) is 9.51. The van der Waals surface area contributed by atoms with Gasteiger partial charge in [0.15, 0.2) is 5.13 Å². The molecule has 0 aliphatic carbocycles. The molecule has 7 heteroatoms. The van der Waals surface area contributed by atoms with E-state index in [1.807, 2.05) is 37.4 Å². The second-order valence-electron chi connectivity index (χ2n) is 6.64. The monoisotopic (exact) mass is 368 g/mol. The zero-order valence-corrected chi connectivity index (χ0v) is 15.3. The molecule has 2 N–H and O–H groups in total. The van der Waals surface area contributed by atoms with Crippen LogP contribution in [0.5, 0.6) is 0 Å². The molecule has 0 unspecified atom stereocenters. The smallest absolute Gasteiger partial charge is 0.253 e. The van der Waals surface area contributed by atoms with Gasteiger partial charge in [0.2, 0.25) is 5.91 Å². The van der Waals surface area contributed by atoms with Crippen molar-refractivity contribution in [2.75, 3.05) is 18.4 Å². The maximum absolute atomic E-state index is 12.9. The SMILES string of the molecule is Cc1cnc(NC(=O)[C@H]2CCCN(C(=O)c3ccc4[nH]ccc4c3)C2)s1. The summed E-state index contributed by atoms with van der Waals surface area (Å²) in [7, 11) is 0. The minimum absolute atomic E-state index is 0.0179. The number of fused-ring (bicyclic) bond motifs is 1. The average Bonchev–Trinajstić information content (AvgIpc) is 3.29. The fourth-order valence-electron chi connectivity index (χ4n) is 3.36. The Hall–Kier alpha value is -2.67. The third-order valence-corrected chi connectivity index (χ3v) is 5.56. The highest BCUT2D eigenvalue weighted by atomic mass is 32.1. The van der Waals surface area contributed by atoms with Gasteiger partial charge in [-0.1, -0.05) is 0 Å². The number of likely N-dealkylation sites (tertiary alicyclic amines) is 1.